The zero-order chi connectivity index (χ0) is 17.5. The summed E-state index contributed by atoms with van der Waals surface area (Å²) in [5, 5.41) is 0. The fourth-order valence-corrected chi connectivity index (χ4v) is 2.94. The quantitative estimate of drug-likeness (QED) is 0.349. The van der Waals surface area contributed by atoms with Crippen molar-refractivity contribution in [1.29, 1.82) is 0 Å². The Kier molecular flexibility index (Phi) is 14.6. The van der Waals surface area contributed by atoms with Crippen molar-refractivity contribution in [3.63, 3.8) is 0 Å². The Morgan fingerprint density at radius 2 is 1.57 bits per heavy atom. The number of hydrogen-bond donors (Lipinski definition) is 2. The van der Waals surface area contributed by atoms with Crippen molar-refractivity contribution >= 4 is 5.97 Å². The second kappa shape index (κ2) is 14.9. The minimum Gasteiger partial charge on any atom is -0.462 e. The van der Waals surface area contributed by atoms with E-state index in [9.17, 15) is 4.79 Å². The molecule has 4 nitrogen and oxygen atoms in total. The number of unbranched alkanes of at least 4 members (excludes halogenated alkanes) is 5. The molecule has 0 radical (unpaired) electrons. The van der Waals surface area contributed by atoms with Crippen molar-refractivity contribution < 1.29 is 9.53 Å². The lowest BCUT2D eigenvalue weighted by atomic mass is 9.93. The summed E-state index contributed by atoms with van der Waals surface area (Å²) in [7, 11) is 0. The average Bonchev–Trinajstić information content (AvgIpc) is 2.55. The molecule has 4 heteroatoms. The second-order valence-corrected chi connectivity index (χ2v) is 6.63. The van der Waals surface area contributed by atoms with Gasteiger partial charge >= 0.3 is 5.97 Å². The summed E-state index contributed by atoms with van der Waals surface area (Å²) in [5.74, 6) is -0.265. The molecule has 0 aromatic heterocycles. The molecule has 0 amide bonds. The van der Waals surface area contributed by atoms with Gasteiger partial charge < -0.3 is 16.2 Å². The maximum Gasteiger partial charge on any atom is 0.310 e. The molecule has 0 aromatic carbocycles. The van der Waals surface area contributed by atoms with Crippen molar-refractivity contribution in [2.45, 2.75) is 104 Å². The Hall–Kier alpha value is -0.610. The fourth-order valence-electron chi connectivity index (χ4n) is 2.94. The fraction of sp³-hybridized carbons (Fsp3) is 0.947. The van der Waals surface area contributed by atoms with Crippen LogP contribution in [0.1, 0.15) is 91.4 Å². The van der Waals surface area contributed by atoms with E-state index in [2.05, 4.69) is 13.8 Å². The molecule has 0 fully saturated rings. The van der Waals surface area contributed by atoms with Crippen LogP contribution in [0.4, 0.5) is 0 Å². The topological polar surface area (TPSA) is 78.3 Å². The molecule has 138 valence electrons. The number of ether oxygens (including phenoxy) is 1. The molecule has 0 bridgehead atoms. The number of hydrogen-bond acceptors (Lipinski definition) is 4. The van der Waals surface area contributed by atoms with E-state index < -0.39 is 0 Å². The first-order valence-electron chi connectivity index (χ1n) is 9.76. The van der Waals surface area contributed by atoms with Crippen molar-refractivity contribution in [3.05, 3.63) is 0 Å². The molecular formula is C19H40N2O2. The van der Waals surface area contributed by atoms with E-state index in [4.69, 9.17) is 16.2 Å². The van der Waals surface area contributed by atoms with E-state index in [1.165, 1.54) is 19.3 Å². The second-order valence-electron chi connectivity index (χ2n) is 6.63. The molecule has 23 heavy (non-hydrogen) atoms. The molecule has 0 aromatic rings. The van der Waals surface area contributed by atoms with Gasteiger partial charge in [0, 0.05) is 6.04 Å². The van der Waals surface area contributed by atoms with E-state index in [0.717, 1.165) is 57.9 Å². The number of esters is 1. The molecule has 3 atom stereocenters. The van der Waals surface area contributed by atoms with Gasteiger partial charge in [-0.05, 0) is 45.1 Å². The SMILES string of the molecule is CCCCCCC(CC)OC(=O)C(CC)C(N)CCCCCN. The Bertz CT molecular complexity index is 285. The largest absolute Gasteiger partial charge is 0.462 e. The summed E-state index contributed by atoms with van der Waals surface area (Å²) in [5.41, 5.74) is 11.7. The molecule has 0 heterocycles. The van der Waals surface area contributed by atoms with Crippen LogP contribution in [0, 0.1) is 5.92 Å². The summed E-state index contributed by atoms with van der Waals surface area (Å²) in [6, 6.07) is -0.0946. The van der Waals surface area contributed by atoms with Crippen LogP contribution in [0.5, 0.6) is 0 Å². The van der Waals surface area contributed by atoms with Gasteiger partial charge in [0.1, 0.15) is 6.10 Å². The molecule has 0 aliphatic carbocycles. The van der Waals surface area contributed by atoms with Gasteiger partial charge in [0.05, 0.1) is 5.92 Å². The predicted molar refractivity (Wildman–Crippen MR) is 98.2 cm³/mol. The normalized spacial score (nSPS) is 15.2. The third kappa shape index (κ3) is 10.7. The average molecular weight is 329 g/mol. The minimum absolute atomic E-state index is 0.0536. The molecule has 4 N–H and O–H groups in total. The van der Waals surface area contributed by atoms with Crippen molar-refractivity contribution in [2.24, 2.45) is 17.4 Å². The smallest absolute Gasteiger partial charge is 0.310 e. The monoisotopic (exact) mass is 328 g/mol. The van der Waals surface area contributed by atoms with Crippen LogP contribution in [0.3, 0.4) is 0 Å². The highest BCUT2D eigenvalue weighted by atomic mass is 16.5. The van der Waals surface area contributed by atoms with E-state index in [1.807, 2.05) is 6.92 Å². The molecular weight excluding hydrogens is 288 g/mol. The summed E-state index contributed by atoms with van der Waals surface area (Å²) >= 11 is 0. The first-order chi connectivity index (χ1) is 11.1. The third-order valence-corrected chi connectivity index (χ3v) is 4.62. The maximum absolute atomic E-state index is 12.4. The molecule has 0 saturated heterocycles. The first kappa shape index (κ1) is 22.4. The van der Waals surface area contributed by atoms with E-state index in [0.29, 0.717) is 0 Å². The van der Waals surface area contributed by atoms with Crippen LogP contribution in [-0.4, -0.2) is 24.7 Å². The third-order valence-electron chi connectivity index (χ3n) is 4.62. The van der Waals surface area contributed by atoms with Crippen LogP contribution in [-0.2, 0) is 9.53 Å². The molecule has 0 aliphatic rings. The van der Waals surface area contributed by atoms with Crippen LogP contribution in [0.2, 0.25) is 0 Å². The van der Waals surface area contributed by atoms with E-state index >= 15 is 0 Å². The van der Waals surface area contributed by atoms with Crippen LogP contribution in [0.25, 0.3) is 0 Å². The first-order valence-corrected chi connectivity index (χ1v) is 9.76. The predicted octanol–water partition coefficient (Wildman–Crippen LogP) is 4.15. The molecule has 3 unspecified atom stereocenters. The van der Waals surface area contributed by atoms with Gasteiger partial charge in [-0.3, -0.25) is 4.79 Å². The number of carbonyl (C=O) groups is 1. The van der Waals surface area contributed by atoms with Gasteiger partial charge in [0.15, 0.2) is 0 Å². The van der Waals surface area contributed by atoms with Gasteiger partial charge in [0.2, 0.25) is 0 Å². The lowest BCUT2D eigenvalue weighted by Gasteiger charge is -2.24. The highest BCUT2D eigenvalue weighted by Gasteiger charge is 2.26. The Balaban J connectivity index is 4.22. The highest BCUT2D eigenvalue weighted by molar-refractivity contribution is 5.73. The van der Waals surface area contributed by atoms with Crippen LogP contribution >= 0.6 is 0 Å². The summed E-state index contributed by atoms with van der Waals surface area (Å²) < 4.78 is 5.74. The van der Waals surface area contributed by atoms with E-state index in [1.54, 1.807) is 0 Å². The number of carbonyl (C=O) groups excluding carboxylic acids is 1. The van der Waals surface area contributed by atoms with Crippen molar-refractivity contribution in [1.82, 2.24) is 0 Å². The molecule has 0 spiro atoms. The zero-order valence-electron chi connectivity index (χ0n) is 15.7. The zero-order valence-corrected chi connectivity index (χ0v) is 15.7. The Morgan fingerprint density at radius 1 is 0.913 bits per heavy atom. The Labute approximate surface area is 143 Å². The minimum atomic E-state index is -0.169. The van der Waals surface area contributed by atoms with Gasteiger partial charge in [-0.2, -0.15) is 0 Å². The van der Waals surface area contributed by atoms with Crippen molar-refractivity contribution in [2.75, 3.05) is 6.54 Å². The van der Waals surface area contributed by atoms with E-state index in [-0.39, 0.29) is 24.0 Å². The molecule has 0 rings (SSSR count). The standard InChI is InChI=1S/C19H40N2O2/c1-4-7-8-10-13-16(5-2)23-19(22)17(6-3)18(21)14-11-9-12-15-20/h16-18H,4-15,20-21H2,1-3H3. The summed E-state index contributed by atoms with van der Waals surface area (Å²) in [6.07, 6.45) is 11.6. The lowest BCUT2D eigenvalue weighted by Crippen LogP contribution is -2.37. The van der Waals surface area contributed by atoms with Gasteiger partial charge in [-0.25, -0.2) is 0 Å². The molecule has 0 saturated carbocycles. The van der Waals surface area contributed by atoms with Crippen LogP contribution in [0.15, 0.2) is 0 Å². The van der Waals surface area contributed by atoms with Crippen molar-refractivity contribution in [3.8, 4) is 0 Å². The van der Waals surface area contributed by atoms with Gasteiger partial charge in [0.25, 0.3) is 0 Å². The molecule has 0 aliphatic heterocycles. The number of rotatable bonds is 15. The summed E-state index contributed by atoms with van der Waals surface area (Å²) in [6.45, 7) is 7.04. The van der Waals surface area contributed by atoms with Crippen LogP contribution < -0.4 is 11.5 Å². The Morgan fingerprint density at radius 3 is 2.13 bits per heavy atom. The summed E-state index contributed by atoms with van der Waals surface area (Å²) in [4.78, 5) is 12.4. The number of nitrogens with two attached hydrogens (primary N) is 2. The lowest BCUT2D eigenvalue weighted by molar-refractivity contribution is -0.155. The van der Waals surface area contributed by atoms with Gasteiger partial charge in [-0.15, -0.1) is 0 Å². The maximum atomic E-state index is 12.4. The highest BCUT2D eigenvalue weighted by Crippen LogP contribution is 2.19. The van der Waals surface area contributed by atoms with Gasteiger partial charge in [-0.1, -0.05) is 52.9 Å².